The van der Waals surface area contributed by atoms with Crippen molar-refractivity contribution < 1.29 is 0 Å². The summed E-state index contributed by atoms with van der Waals surface area (Å²) in [6, 6.07) is 44.3. The number of quaternary nitrogens is 3. The lowest BCUT2D eigenvalue weighted by Crippen LogP contribution is -2.34. The third-order valence-corrected chi connectivity index (χ3v) is 12.2. The van der Waals surface area contributed by atoms with E-state index < -0.39 is 0 Å². The van der Waals surface area contributed by atoms with Crippen molar-refractivity contribution in [1.82, 2.24) is 33.4 Å². The molecule has 7 aromatic rings. The Hall–Kier alpha value is -6.84. The van der Waals surface area contributed by atoms with Crippen LogP contribution in [-0.2, 0) is 0 Å². The standard InChI is InChI=1S/C55H59N8/c1-60(2)40-20-12-36(13-21-40)52-44-28-30-46(56-44)53(37-14-22-41(23-15-37)61(3,4)5)48-32-34-50(58-48)55(39-18-26-43(27-19-39)63(9,10)11)51-35-33-49(59-51)54(47-31-29-45(52)57-47)38-16-24-42(25-17-38)62(6,7)8/h12-35,56,59H,1-11H3/q+3. The second-order valence-electron chi connectivity index (χ2n) is 19.6. The Balaban J connectivity index is 1.42. The van der Waals surface area contributed by atoms with Crippen LogP contribution < -0.4 is 18.3 Å². The van der Waals surface area contributed by atoms with Crippen molar-refractivity contribution in [2.75, 3.05) is 82.4 Å². The third kappa shape index (κ3) is 8.05. The Morgan fingerprint density at radius 2 is 0.571 bits per heavy atom. The fourth-order valence-corrected chi connectivity index (χ4v) is 8.57. The van der Waals surface area contributed by atoms with Gasteiger partial charge in [-0.2, -0.15) is 0 Å². The molecule has 63 heavy (non-hydrogen) atoms. The average molecular weight is 832 g/mol. The maximum atomic E-state index is 5.54. The maximum absolute atomic E-state index is 5.54. The number of nitrogens with one attached hydrogen (secondary N) is 2. The number of rotatable bonds is 8. The molecule has 4 aromatic carbocycles. The maximum Gasteiger partial charge on any atom is 0.132 e. The number of nitrogens with zero attached hydrogens (tertiary/aromatic N) is 6. The molecule has 0 aliphatic carbocycles. The van der Waals surface area contributed by atoms with Crippen LogP contribution in [-0.4, -0.2) is 97.5 Å². The minimum Gasteiger partial charge on any atom is -0.378 e. The number of fused-ring (bicyclic) bond motifs is 8. The first kappa shape index (κ1) is 41.5. The fraction of sp³-hybridized carbons (Fsp3) is 0.200. The topological polar surface area (TPSA) is 60.6 Å². The molecular formula is C55H59N8+3. The molecule has 0 saturated heterocycles. The van der Waals surface area contributed by atoms with Gasteiger partial charge in [-0.3, -0.25) is 13.4 Å². The monoisotopic (exact) mass is 831 g/mol. The lowest BCUT2D eigenvalue weighted by atomic mass is 10.0. The predicted octanol–water partition coefficient (Wildman–Crippen LogP) is 12.0. The van der Waals surface area contributed by atoms with Gasteiger partial charge in [-0.1, -0.05) is 12.1 Å². The molecule has 8 nitrogen and oxygen atoms in total. The van der Waals surface area contributed by atoms with Crippen molar-refractivity contribution in [3.8, 4) is 44.5 Å². The van der Waals surface area contributed by atoms with E-state index in [-0.39, 0.29) is 0 Å². The van der Waals surface area contributed by atoms with Crippen LogP contribution in [0.15, 0.2) is 121 Å². The van der Waals surface area contributed by atoms with E-state index in [1.54, 1.807) is 0 Å². The number of H-pyrrole nitrogens is 2. The summed E-state index contributed by atoms with van der Waals surface area (Å²) < 4.78 is 2.18. The van der Waals surface area contributed by atoms with E-state index in [4.69, 9.17) is 9.97 Å². The number of aromatic nitrogens is 4. The number of anilines is 1. The molecule has 0 radical (unpaired) electrons. The van der Waals surface area contributed by atoms with Crippen LogP contribution in [0.3, 0.4) is 0 Å². The summed E-state index contributed by atoms with van der Waals surface area (Å²) in [7, 11) is 23.9. The van der Waals surface area contributed by atoms with E-state index in [2.05, 4.69) is 238 Å². The van der Waals surface area contributed by atoms with Gasteiger partial charge in [0.05, 0.1) is 86.2 Å². The first-order valence-corrected chi connectivity index (χ1v) is 21.6. The largest absolute Gasteiger partial charge is 0.378 e. The molecule has 8 heteroatoms. The molecule has 0 spiro atoms. The van der Waals surface area contributed by atoms with Crippen LogP contribution in [0.5, 0.6) is 0 Å². The molecule has 0 atom stereocenters. The molecule has 9 rings (SSSR count). The molecule has 0 amide bonds. The van der Waals surface area contributed by atoms with Crippen molar-refractivity contribution in [3.63, 3.8) is 0 Å². The van der Waals surface area contributed by atoms with Gasteiger partial charge in [0.1, 0.15) is 17.1 Å². The summed E-state index contributed by atoms with van der Waals surface area (Å²) in [4.78, 5) is 21.0. The number of hydrogen-bond donors (Lipinski definition) is 2. The van der Waals surface area contributed by atoms with E-state index >= 15 is 0 Å². The van der Waals surface area contributed by atoms with E-state index in [1.807, 2.05) is 0 Å². The quantitative estimate of drug-likeness (QED) is 0.150. The molecule has 316 valence electrons. The number of aromatic amines is 2. The summed E-state index contributed by atoms with van der Waals surface area (Å²) in [5, 5.41) is 0. The van der Waals surface area contributed by atoms with Crippen LogP contribution in [0.1, 0.15) is 22.8 Å². The molecule has 2 aliphatic rings. The Kier molecular flexibility index (Phi) is 10.2. The second-order valence-corrected chi connectivity index (χ2v) is 19.6. The summed E-state index contributed by atoms with van der Waals surface area (Å²) in [6.45, 7) is 0. The Bertz CT molecular complexity index is 3030. The fourth-order valence-electron chi connectivity index (χ4n) is 8.57. The van der Waals surface area contributed by atoms with E-state index in [0.717, 1.165) is 108 Å². The van der Waals surface area contributed by atoms with Gasteiger partial charge in [-0.15, -0.1) is 0 Å². The summed E-state index contributed by atoms with van der Waals surface area (Å²) in [5.41, 5.74) is 20.8. The zero-order chi connectivity index (χ0) is 44.4. The highest BCUT2D eigenvalue weighted by Gasteiger charge is 2.22. The molecule has 0 unspecified atom stereocenters. The van der Waals surface area contributed by atoms with Gasteiger partial charge in [0.25, 0.3) is 0 Å². The number of hydrogen-bond acceptors (Lipinski definition) is 3. The van der Waals surface area contributed by atoms with Gasteiger partial charge in [-0.25, -0.2) is 9.97 Å². The van der Waals surface area contributed by atoms with Crippen molar-refractivity contribution in [3.05, 3.63) is 144 Å². The van der Waals surface area contributed by atoms with Crippen LogP contribution in [0.2, 0.25) is 0 Å². The number of benzene rings is 4. The van der Waals surface area contributed by atoms with Crippen molar-refractivity contribution in [2.24, 2.45) is 0 Å². The van der Waals surface area contributed by atoms with Crippen molar-refractivity contribution >= 4 is 69.1 Å². The molecule has 0 saturated carbocycles. The molecule has 2 aliphatic heterocycles. The molecule has 5 heterocycles. The molecular weight excluding hydrogens is 773 g/mol. The highest BCUT2D eigenvalue weighted by atomic mass is 15.3. The average Bonchev–Trinajstić information content (AvgIpc) is 4.09. The first-order chi connectivity index (χ1) is 29.9. The third-order valence-electron chi connectivity index (χ3n) is 12.2. The van der Waals surface area contributed by atoms with Crippen LogP contribution >= 0.6 is 0 Å². The van der Waals surface area contributed by atoms with Crippen LogP contribution in [0.25, 0.3) is 90.9 Å². The van der Waals surface area contributed by atoms with Crippen LogP contribution in [0.4, 0.5) is 22.7 Å². The molecule has 8 bridgehead atoms. The van der Waals surface area contributed by atoms with Gasteiger partial charge >= 0.3 is 0 Å². The lowest BCUT2D eigenvalue weighted by Gasteiger charge is -2.23. The van der Waals surface area contributed by atoms with Crippen LogP contribution in [0, 0.1) is 0 Å². The van der Waals surface area contributed by atoms with Gasteiger partial charge < -0.3 is 14.9 Å². The lowest BCUT2D eigenvalue weighted by molar-refractivity contribution is 0.486. The van der Waals surface area contributed by atoms with E-state index in [9.17, 15) is 0 Å². The van der Waals surface area contributed by atoms with Gasteiger partial charge in [0.2, 0.25) is 0 Å². The smallest absolute Gasteiger partial charge is 0.132 e. The van der Waals surface area contributed by atoms with E-state index in [0.29, 0.717) is 0 Å². The highest BCUT2D eigenvalue weighted by molar-refractivity contribution is 6.00. The normalized spacial score (nSPS) is 12.9. The molecule has 2 N–H and O–H groups in total. The molecule has 3 aromatic heterocycles. The molecule has 0 fully saturated rings. The highest BCUT2D eigenvalue weighted by Crippen LogP contribution is 2.40. The predicted molar refractivity (Wildman–Crippen MR) is 274 cm³/mol. The summed E-state index contributed by atoms with van der Waals surface area (Å²) >= 11 is 0. The van der Waals surface area contributed by atoms with Gasteiger partial charge in [0.15, 0.2) is 0 Å². The summed E-state index contributed by atoms with van der Waals surface area (Å²) in [5.74, 6) is 0. The Morgan fingerprint density at radius 3 is 0.794 bits per heavy atom. The summed E-state index contributed by atoms with van der Waals surface area (Å²) in [6.07, 6.45) is 8.67. The van der Waals surface area contributed by atoms with E-state index in [1.165, 1.54) is 17.1 Å². The Labute approximate surface area is 372 Å². The SMILES string of the molecule is CN(C)c1ccc(-c2c3nc(c(-c4ccc([N+](C)(C)C)cc4)c4ccc([nH]4)c(-c4ccc([N+](C)(C)C)cc4)c4nc(c(-c5ccc([N+](C)(C)C)cc5)c5ccc2[nH]5)C=C4)C=C3)cc1. The first-order valence-electron chi connectivity index (χ1n) is 21.6. The van der Waals surface area contributed by atoms with Crippen molar-refractivity contribution in [1.29, 1.82) is 0 Å². The zero-order valence-corrected chi connectivity index (χ0v) is 38.5. The second kappa shape index (κ2) is 15.5. The minimum absolute atomic E-state index is 0.727. The van der Waals surface area contributed by atoms with Gasteiger partial charge in [0, 0.05) is 64.1 Å². The van der Waals surface area contributed by atoms with Gasteiger partial charge in [-0.05, 0) is 156 Å². The zero-order valence-electron chi connectivity index (χ0n) is 38.5. The van der Waals surface area contributed by atoms with Crippen molar-refractivity contribution in [2.45, 2.75) is 0 Å². The minimum atomic E-state index is 0.727. The Morgan fingerprint density at radius 1 is 0.333 bits per heavy atom.